The number of aromatic amines is 1. The van der Waals surface area contributed by atoms with Crippen LogP contribution in [0.15, 0.2) is 54.6 Å². The molecule has 0 radical (unpaired) electrons. The molecule has 1 N–H and O–H groups in total. The van der Waals surface area contributed by atoms with E-state index in [0.717, 1.165) is 17.7 Å². The van der Waals surface area contributed by atoms with Crippen molar-refractivity contribution in [3.63, 3.8) is 0 Å². The number of nitrogens with one attached hydrogen (secondary N) is 1. The first kappa shape index (κ1) is 16.1. The molecule has 0 aliphatic rings. The Morgan fingerprint density at radius 3 is 2.50 bits per heavy atom. The van der Waals surface area contributed by atoms with E-state index in [9.17, 15) is 13.6 Å². The molecule has 2 aromatic carbocycles. The van der Waals surface area contributed by atoms with Gasteiger partial charge in [-0.15, -0.1) is 0 Å². The summed E-state index contributed by atoms with van der Waals surface area (Å²) in [4.78, 5) is 12.0. The molecule has 0 bridgehead atoms. The van der Waals surface area contributed by atoms with Crippen LogP contribution in [-0.2, 0) is 0 Å². The van der Waals surface area contributed by atoms with Gasteiger partial charge in [0.15, 0.2) is 17.4 Å². The van der Waals surface area contributed by atoms with Crippen LogP contribution in [0.3, 0.4) is 0 Å². The minimum atomic E-state index is -1.05. The van der Waals surface area contributed by atoms with Gasteiger partial charge in [0, 0.05) is 16.1 Å². The predicted molar refractivity (Wildman–Crippen MR) is 88.8 cm³/mol. The molecule has 0 aliphatic heterocycles. The average molecular weight is 345 g/mol. The summed E-state index contributed by atoms with van der Waals surface area (Å²) in [7, 11) is 0. The van der Waals surface area contributed by atoms with Gasteiger partial charge in [0.05, 0.1) is 11.4 Å². The van der Waals surface area contributed by atoms with Gasteiger partial charge < -0.3 is 0 Å². The number of H-pyrrole nitrogens is 1. The molecule has 0 aliphatic carbocycles. The van der Waals surface area contributed by atoms with Crippen molar-refractivity contribution in [2.24, 2.45) is 0 Å². The Hall–Kier alpha value is -2.79. The van der Waals surface area contributed by atoms with E-state index in [4.69, 9.17) is 11.6 Å². The van der Waals surface area contributed by atoms with E-state index < -0.39 is 17.4 Å². The summed E-state index contributed by atoms with van der Waals surface area (Å²) in [6.07, 6.45) is 2.79. The first-order valence-corrected chi connectivity index (χ1v) is 7.39. The molecule has 0 atom stereocenters. The largest absolute Gasteiger partial charge is 0.289 e. The zero-order chi connectivity index (χ0) is 17.1. The van der Waals surface area contributed by atoms with Gasteiger partial charge in [0.1, 0.15) is 0 Å². The van der Waals surface area contributed by atoms with Crippen molar-refractivity contribution in [1.82, 2.24) is 10.2 Å². The summed E-state index contributed by atoms with van der Waals surface area (Å²) < 4.78 is 26.0. The van der Waals surface area contributed by atoms with Crippen molar-refractivity contribution in [3.8, 4) is 11.3 Å². The SMILES string of the molecule is O=C(/C=C/c1cc(-c2ccc(Cl)cc2)n[nH]1)c1ccc(F)c(F)c1. The lowest BCUT2D eigenvalue weighted by atomic mass is 10.1. The molecule has 3 rings (SSSR count). The van der Waals surface area contributed by atoms with E-state index in [0.29, 0.717) is 16.4 Å². The molecular formula is C18H11ClF2N2O. The van der Waals surface area contributed by atoms with Crippen LogP contribution in [-0.4, -0.2) is 16.0 Å². The van der Waals surface area contributed by atoms with Crippen LogP contribution in [0, 0.1) is 11.6 Å². The third-order valence-electron chi connectivity index (χ3n) is 3.36. The van der Waals surface area contributed by atoms with Crippen LogP contribution < -0.4 is 0 Å². The molecule has 3 aromatic rings. The van der Waals surface area contributed by atoms with Gasteiger partial charge >= 0.3 is 0 Å². The zero-order valence-corrected chi connectivity index (χ0v) is 13.0. The molecular weight excluding hydrogens is 334 g/mol. The second-order valence-corrected chi connectivity index (χ2v) is 5.48. The van der Waals surface area contributed by atoms with Gasteiger partial charge in [-0.2, -0.15) is 5.10 Å². The fraction of sp³-hybridized carbons (Fsp3) is 0. The molecule has 3 nitrogen and oxygen atoms in total. The third-order valence-corrected chi connectivity index (χ3v) is 3.61. The van der Waals surface area contributed by atoms with Crippen molar-refractivity contribution >= 4 is 23.5 Å². The number of aromatic nitrogens is 2. The number of benzene rings is 2. The van der Waals surface area contributed by atoms with Crippen molar-refractivity contribution in [1.29, 1.82) is 0 Å². The topological polar surface area (TPSA) is 45.8 Å². The molecule has 0 unspecified atom stereocenters. The Morgan fingerprint density at radius 2 is 1.79 bits per heavy atom. The van der Waals surface area contributed by atoms with E-state index in [1.54, 1.807) is 18.2 Å². The maximum absolute atomic E-state index is 13.1. The number of ketones is 1. The number of nitrogens with zero attached hydrogens (tertiary/aromatic N) is 1. The maximum atomic E-state index is 13.1. The highest BCUT2D eigenvalue weighted by Crippen LogP contribution is 2.20. The number of halogens is 3. The van der Waals surface area contributed by atoms with Gasteiger partial charge in [-0.05, 0) is 48.6 Å². The van der Waals surface area contributed by atoms with Crippen LogP contribution in [0.25, 0.3) is 17.3 Å². The number of hydrogen-bond acceptors (Lipinski definition) is 2. The van der Waals surface area contributed by atoms with E-state index in [-0.39, 0.29) is 5.56 Å². The van der Waals surface area contributed by atoms with E-state index in [1.807, 2.05) is 12.1 Å². The van der Waals surface area contributed by atoms with Crippen LogP contribution >= 0.6 is 11.6 Å². The normalized spacial score (nSPS) is 11.1. The lowest BCUT2D eigenvalue weighted by molar-refractivity contribution is 0.104. The number of rotatable bonds is 4. The fourth-order valence-electron chi connectivity index (χ4n) is 2.10. The lowest BCUT2D eigenvalue weighted by Crippen LogP contribution is -1.96. The number of allylic oxidation sites excluding steroid dienone is 1. The lowest BCUT2D eigenvalue weighted by Gasteiger charge is -1.97. The summed E-state index contributed by atoms with van der Waals surface area (Å²) >= 11 is 5.84. The highest BCUT2D eigenvalue weighted by Gasteiger charge is 2.08. The monoisotopic (exact) mass is 344 g/mol. The van der Waals surface area contributed by atoms with Gasteiger partial charge in [-0.3, -0.25) is 9.89 Å². The van der Waals surface area contributed by atoms with Crippen molar-refractivity contribution in [3.05, 3.63) is 82.5 Å². The molecule has 0 fully saturated rings. The number of carbonyl (C=O) groups excluding carboxylic acids is 1. The van der Waals surface area contributed by atoms with Gasteiger partial charge in [-0.1, -0.05) is 23.7 Å². The molecule has 24 heavy (non-hydrogen) atoms. The Bertz CT molecular complexity index is 917. The predicted octanol–water partition coefficient (Wildman–Crippen LogP) is 4.90. The summed E-state index contributed by atoms with van der Waals surface area (Å²) in [5, 5.41) is 7.57. The summed E-state index contributed by atoms with van der Waals surface area (Å²) in [5.74, 6) is -2.48. The van der Waals surface area contributed by atoms with Crippen LogP contribution in [0.5, 0.6) is 0 Å². The van der Waals surface area contributed by atoms with Crippen molar-refractivity contribution in [2.45, 2.75) is 0 Å². The second kappa shape index (κ2) is 6.76. The second-order valence-electron chi connectivity index (χ2n) is 5.04. The fourth-order valence-corrected chi connectivity index (χ4v) is 2.23. The molecule has 0 saturated carbocycles. The van der Waals surface area contributed by atoms with Crippen molar-refractivity contribution < 1.29 is 13.6 Å². The van der Waals surface area contributed by atoms with Crippen LogP contribution in [0.1, 0.15) is 16.1 Å². The Morgan fingerprint density at radius 1 is 1.04 bits per heavy atom. The quantitative estimate of drug-likeness (QED) is 0.540. The number of hydrogen-bond donors (Lipinski definition) is 1. The molecule has 0 amide bonds. The highest BCUT2D eigenvalue weighted by molar-refractivity contribution is 6.30. The molecule has 120 valence electrons. The van der Waals surface area contributed by atoms with Gasteiger partial charge in [-0.25, -0.2) is 8.78 Å². The summed E-state index contributed by atoms with van der Waals surface area (Å²) in [5.41, 5.74) is 2.26. The molecule has 0 saturated heterocycles. The zero-order valence-electron chi connectivity index (χ0n) is 12.3. The van der Waals surface area contributed by atoms with Gasteiger partial charge in [0.25, 0.3) is 0 Å². The minimum Gasteiger partial charge on any atom is -0.289 e. The Kier molecular flexibility index (Phi) is 4.53. The summed E-state index contributed by atoms with van der Waals surface area (Å²) in [6, 6.07) is 12.0. The molecule has 1 aromatic heterocycles. The van der Waals surface area contributed by atoms with Gasteiger partial charge in [0.2, 0.25) is 0 Å². The minimum absolute atomic E-state index is 0.0718. The van der Waals surface area contributed by atoms with E-state index in [2.05, 4.69) is 10.2 Å². The van der Waals surface area contributed by atoms with Crippen LogP contribution in [0.4, 0.5) is 8.78 Å². The maximum Gasteiger partial charge on any atom is 0.186 e. The van der Waals surface area contributed by atoms with Crippen LogP contribution in [0.2, 0.25) is 5.02 Å². The Labute approximate surface area is 141 Å². The highest BCUT2D eigenvalue weighted by atomic mass is 35.5. The smallest absolute Gasteiger partial charge is 0.186 e. The van der Waals surface area contributed by atoms with E-state index in [1.165, 1.54) is 18.2 Å². The Balaban J connectivity index is 1.76. The first-order valence-electron chi connectivity index (χ1n) is 7.02. The third kappa shape index (κ3) is 3.58. The first-order chi connectivity index (χ1) is 11.5. The molecule has 6 heteroatoms. The molecule has 0 spiro atoms. The van der Waals surface area contributed by atoms with E-state index >= 15 is 0 Å². The standard InChI is InChI=1S/C18H11ClF2N2O/c19-13-4-1-11(2-5-13)17-10-14(22-23-17)6-8-18(24)12-3-7-15(20)16(21)9-12/h1-10H,(H,22,23)/b8-6+. The van der Waals surface area contributed by atoms with Crippen molar-refractivity contribution in [2.75, 3.05) is 0 Å². The average Bonchev–Trinajstić information content (AvgIpc) is 3.05. The molecule has 1 heterocycles. The summed E-state index contributed by atoms with van der Waals surface area (Å²) in [6.45, 7) is 0. The number of carbonyl (C=O) groups is 1.